The Kier molecular flexibility index (Phi) is 3.81. The number of amides is 2. The molecule has 3 rings (SSSR count). The van der Waals surface area contributed by atoms with Crippen molar-refractivity contribution in [1.82, 2.24) is 9.80 Å². The highest BCUT2D eigenvalue weighted by molar-refractivity contribution is 5.97. The average molecular weight is 334 g/mol. The maximum Gasteiger partial charge on any atom is 0.314 e. The van der Waals surface area contributed by atoms with Crippen LogP contribution in [0.3, 0.4) is 0 Å². The third kappa shape index (κ3) is 2.26. The summed E-state index contributed by atoms with van der Waals surface area (Å²) >= 11 is 0. The van der Waals surface area contributed by atoms with E-state index in [1.54, 1.807) is 26.1 Å². The van der Waals surface area contributed by atoms with Crippen molar-refractivity contribution in [1.29, 1.82) is 0 Å². The first-order valence-electron chi connectivity index (χ1n) is 7.69. The number of carbonyl (C=O) groups excluding carboxylic acids is 3. The summed E-state index contributed by atoms with van der Waals surface area (Å²) in [5, 5.41) is 0. The van der Waals surface area contributed by atoms with Gasteiger partial charge in [0.2, 0.25) is 11.8 Å². The van der Waals surface area contributed by atoms with Crippen LogP contribution in [0.15, 0.2) is 24.3 Å². The number of nitrogens with zero attached hydrogens (tertiary/aromatic N) is 2. The Morgan fingerprint density at radius 2 is 1.92 bits per heavy atom. The van der Waals surface area contributed by atoms with Gasteiger partial charge in [0, 0.05) is 7.05 Å². The minimum atomic E-state index is -1.08. The lowest BCUT2D eigenvalue weighted by Gasteiger charge is -2.39. The van der Waals surface area contributed by atoms with Crippen LogP contribution in [-0.4, -0.2) is 54.3 Å². The smallest absolute Gasteiger partial charge is 0.314 e. The maximum atomic E-state index is 13.3. The molecule has 0 N–H and O–H groups in total. The average Bonchev–Trinajstić information content (AvgIpc) is 2.88. The van der Waals surface area contributed by atoms with E-state index in [1.807, 2.05) is 0 Å². The number of rotatable bonds is 2. The van der Waals surface area contributed by atoms with Crippen LogP contribution in [-0.2, 0) is 19.1 Å². The van der Waals surface area contributed by atoms with E-state index in [0.717, 1.165) is 0 Å². The monoisotopic (exact) mass is 334 g/mol. The van der Waals surface area contributed by atoms with Crippen LogP contribution in [0.2, 0.25) is 0 Å². The second-order valence-electron chi connectivity index (χ2n) is 6.58. The Hall–Kier alpha value is -2.44. The molecule has 0 spiro atoms. The van der Waals surface area contributed by atoms with E-state index < -0.39 is 29.3 Å². The molecule has 24 heavy (non-hydrogen) atoms. The number of likely N-dealkylation sites (N-methyl/N-ethyl adjacent to an activating group) is 1. The second-order valence-corrected chi connectivity index (χ2v) is 6.58. The van der Waals surface area contributed by atoms with Crippen molar-refractivity contribution < 1.29 is 23.5 Å². The van der Waals surface area contributed by atoms with Gasteiger partial charge in [0.25, 0.3) is 0 Å². The van der Waals surface area contributed by atoms with Gasteiger partial charge in [-0.15, -0.1) is 0 Å². The van der Waals surface area contributed by atoms with Crippen molar-refractivity contribution in [3.63, 3.8) is 0 Å². The first-order chi connectivity index (χ1) is 11.3. The summed E-state index contributed by atoms with van der Waals surface area (Å²) in [7, 11) is 2.85. The van der Waals surface area contributed by atoms with E-state index in [2.05, 4.69) is 0 Å². The SMILES string of the molecule is COC(=O)[C@@]1(C)CC2C(=O)N(C)CC(=O)N2C1c1ccc(F)cc1. The third-order valence-corrected chi connectivity index (χ3v) is 4.99. The molecule has 6 nitrogen and oxygen atoms in total. The molecule has 2 amide bonds. The normalized spacial score (nSPS) is 29.7. The summed E-state index contributed by atoms with van der Waals surface area (Å²) in [5.74, 6) is -1.33. The largest absolute Gasteiger partial charge is 0.469 e. The Labute approximate surface area is 139 Å². The van der Waals surface area contributed by atoms with Crippen LogP contribution in [0.25, 0.3) is 0 Å². The van der Waals surface area contributed by atoms with Gasteiger partial charge in [-0.05, 0) is 31.0 Å². The number of halogens is 1. The molecule has 3 atom stereocenters. The number of hydrogen-bond acceptors (Lipinski definition) is 4. The van der Waals surface area contributed by atoms with Gasteiger partial charge in [-0.1, -0.05) is 12.1 Å². The van der Waals surface area contributed by atoms with Crippen LogP contribution < -0.4 is 0 Å². The molecule has 0 bridgehead atoms. The van der Waals surface area contributed by atoms with Gasteiger partial charge >= 0.3 is 5.97 Å². The molecule has 2 fully saturated rings. The Morgan fingerprint density at radius 3 is 2.50 bits per heavy atom. The summed E-state index contributed by atoms with van der Waals surface area (Å²) in [6.07, 6.45) is 0.177. The summed E-state index contributed by atoms with van der Waals surface area (Å²) < 4.78 is 18.2. The lowest BCUT2D eigenvalue weighted by atomic mass is 9.78. The third-order valence-electron chi connectivity index (χ3n) is 4.99. The summed E-state index contributed by atoms with van der Waals surface area (Å²) in [6, 6.07) is 4.26. The number of methoxy groups -OCH3 is 1. The Bertz CT molecular complexity index is 705. The molecule has 2 aliphatic heterocycles. The van der Waals surface area contributed by atoms with Crippen LogP contribution in [0, 0.1) is 11.2 Å². The predicted octanol–water partition coefficient (Wildman–Crippen LogP) is 1.12. The Balaban J connectivity index is 2.13. The zero-order valence-corrected chi connectivity index (χ0v) is 13.8. The van der Waals surface area contributed by atoms with Gasteiger partial charge in [0.1, 0.15) is 11.9 Å². The molecule has 128 valence electrons. The molecule has 7 heteroatoms. The van der Waals surface area contributed by atoms with Crippen molar-refractivity contribution in [3.8, 4) is 0 Å². The highest BCUT2D eigenvalue weighted by Gasteiger charge is 2.60. The van der Waals surface area contributed by atoms with Crippen LogP contribution in [0.4, 0.5) is 4.39 Å². The van der Waals surface area contributed by atoms with E-state index in [0.29, 0.717) is 5.56 Å². The van der Waals surface area contributed by atoms with Crippen molar-refractivity contribution in [3.05, 3.63) is 35.6 Å². The summed E-state index contributed by atoms with van der Waals surface area (Å²) in [6.45, 7) is 1.65. The molecule has 0 saturated carbocycles. The Morgan fingerprint density at radius 1 is 1.29 bits per heavy atom. The molecule has 0 aromatic heterocycles. The topological polar surface area (TPSA) is 66.9 Å². The second kappa shape index (κ2) is 5.58. The predicted molar refractivity (Wildman–Crippen MR) is 82.2 cm³/mol. The van der Waals surface area contributed by atoms with Crippen molar-refractivity contribution in [2.45, 2.75) is 25.4 Å². The molecule has 2 heterocycles. The molecular formula is C17H19FN2O4. The van der Waals surface area contributed by atoms with Crippen molar-refractivity contribution >= 4 is 17.8 Å². The standard InChI is InChI=1S/C17H19FN2O4/c1-17(16(23)24-3)8-12-15(22)19(2)9-13(21)20(12)14(17)10-4-6-11(18)7-5-10/h4-7,12,14H,8-9H2,1-3H3/t12?,14?,17-/m0/s1. The van der Waals surface area contributed by atoms with Crippen LogP contribution >= 0.6 is 0 Å². The molecule has 2 saturated heterocycles. The van der Waals surface area contributed by atoms with Gasteiger partial charge in [-0.25, -0.2) is 4.39 Å². The fourth-order valence-corrected chi connectivity index (χ4v) is 3.84. The fourth-order valence-electron chi connectivity index (χ4n) is 3.84. The molecular weight excluding hydrogens is 315 g/mol. The number of fused-ring (bicyclic) bond motifs is 1. The van der Waals surface area contributed by atoms with Crippen LogP contribution in [0.5, 0.6) is 0 Å². The van der Waals surface area contributed by atoms with E-state index in [9.17, 15) is 18.8 Å². The minimum Gasteiger partial charge on any atom is -0.469 e. The molecule has 1 aromatic carbocycles. The van der Waals surface area contributed by atoms with Crippen molar-refractivity contribution in [2.75, 3.05) is 20.7 Å². The quantitative estimate of drug-likeness (QED) is 0.760. The van der Waals surface area contributed by atoms with Gasteiger partial charge in [-0.2, -0.15) is 0 Å². The zero-order valence-electron chi connectivity index (χ0n) is 13.8. The first kappa shape index (κ1) is 16.4. The number of esters is 1. The molecule has 2 aliphatic rings. The number of carbonyl (C=O) groups is 3. The van der Waals surface area contributed by atoms with Gasteiger partial charge in [-0.3, -0.25) is 14.4 Å². The van der Waals surface area contributed by atoms with E-state index >= 15 is 0 Å². The lowest BCUT2D eigenvalue weighted by molar-refractivity contribution is -0.157. The van der Waals surface area contributed by atoms with E-state index in [1.165, 1.54) is 29.0 Å². The summed E-state index contributed by atoms with van der Waals surface area (Å²) in [4.78, 5) is 40.4. The van der Waals surface area contributed by atoms with Crippen LogP contribution in [0.1, 0.15) is 24.9 Å². The molecule has 0 aliphatic carbocycles. The summed E-state index contributed by atoms with van der Waals surface area (Å²) in [5.41, 5.74) is -0.467. The van der Waals surface area contributed by atoms with Gasteiger partial charge in [0.05, 0.1) is 25.1 Å². The van der Waals surface area contributed by atoms with Gasteiger partial charge in [0.15, 0.2) is 0 Å². The number of piperazine rings is 1. The first-order valence-corrected chi connectivity index (χ1v) is 7.69. The van der Waals surface area contributed by atoms with Crippen molar-refractivity contribution in [2.24, 2.45) is 5.41 Å². The number of benzene rings is 1. The number of ether oxygens (including phenoxy) is 1. The minimum absolute atomic E-state index is 0.0374. The fraction of sp³-hybridized carbons (Fsp3) is 0.471. The maximum absolute atomic E-state index is 13.3. The van der Waals surface area contributed by atoms with E-state index in [4.69, 9.17) is 4.74 Å². The molecule has 1 aromatic rings. The zero-order chi connectivity index (χ0) is 17.6. The molecule has 2 unspecified atom stereocenters. The van der Waals surface area contributed by atoms with E-state index in [-0.39, 0.29) is 24.8 Å². The molecule has 0 radical (unpaired) electrons. The lowest BCUT2D eigenvalue weighted by Crippen LogP contribution is -2.56. The highest BCUT2D eigenvalue weighted by Crippen LogP contribution is 2.52. The number of hydrogen-bond donors (Lipinski definition) is 0. The highest BCUT2D eigenvalue weighted by atomic mass is 19.1. The van der Waals surface area contributed by atoms with Gasteiger partial charge < -0.3 is 14.5 Å².